The summed E-state index contributed by atoms with van der Waals surface area (Å²) in [6.45, 7) is 3.40. The fourth-order valence-electron chi connectivity index (χ4n) is 2.40. The van der Waals surface area contributed by atoms with E-state index in [-0.39, 0.29) is 12.1 Å². The number of amides is 2. The largest absolute Gasteiger partial charge is 0.494 e. The predicted molar refractivity (Wildman–Crippen MR) is 105 cm³/mol. The van der Waals surface area contributed by atoms with E-state index in [1.807, 2.05) is 38.4 Å². The molecule has 2 amide bonds. The molecule has 1 heterocycles. The summed E-state index contributed by atoms with van der Waals surface area (Å²) in [5.74, 6) is 0.824. The molecule has 0 aliphatic heterocycles. The third-order valence-electron chi connectivity index (χ3n) is 3.89. The first-order valence-corrected chi connectivity index (χ1v) is 9.50. The zero-order valence-electron chi connectivity index (χ0n) is 15.1. The fraction of sp³-hybridized carbons (Fsp3) is 0.421. The van der Waals surface area contributed by atoms with Crippen molar-refractivity contribution in [3.63, 3.8) is 0 Å². The van der Waals surface area contributed by atoms with Gasteiger partial charge in [-0.15, -0.1) is 0 Å². The van der Waals surface area contributed by atoms with Gasteiger partial charge in [0, 0.05) is 12.2 Å². The molecule has 2 N–H and O–H groups in total. The average Bonchev–Trinajstić information content (AvgIpc) is 3.11. The Morgan fingerprint density at radius 1 is 1.24 bits per heavy atom. The van der Waals surface area contributed by atoms with Gasteiger partial charge in [0.2, 0.25) is 0 Å². The molecule has 0 aliphatic carbocycles. The van der Waals surface area contributed by atoms with Crippen molar-refractivity contribution in [2.24, 2.45) is 0 Å². The van der Waals surface area contributed by atoms with Crippen LogP contribution in [-0.2, 0) is 0 Å². The van der Waals surface area contributed by atoms with Gasteiger partial charge in [0.25, 0.3) is 0 Å². The molecule has 0 aliphatic rings. The van der Waals surface area contributed by atoms with Crippen molar-refractivity contribution >= 4 is 23.1 Å². The molecule has 2 rings (SSSR count). The first kappa shape index (κ1) is 19.3. The number of anilines is 1. The Labute approximate surface area is 154 Å². The van der Waals surface area contributed by atoms with E-state index >= 15 is 0 Å². The molecule has 6 heteroatoms. The minimum atomic E-state index is -0.207. The van der Waals surface area contributed by atoms with Crippen molar-refractivity contribution < 1.29 is 9.53 Å². The molecule has 1 atom stereocenters. The van der Waals surface area contributed by atoms with Crippen molar-refractivity contribution in [3.05, 3.63) is 46.7 Å². The molecular formula is C19H27N3O2S. The maximum Gasteiger partial charge on any atom is 0.319 e. The summed E-state index contributed by atoms with van der Waals surface area (Å²) < 4.78 is 5.62. The summed E-state index contributed by atoms with van der Waals surface area (Å²) in [6.07, 6.45) is 2.15. The Morgan fingerprint density at radius 3 is 2.60 bits per heavy atom. The van der Waals surface area contributed by atoms with Gasteiger partial charge < -0.3 is 20.3 Å². The van der Waals surface area contributed by atoms with E-state index in [0.29, 0.717) is 6.54 Å². The normalized spacial score (nSPS) is 12.0. The van der Waals surface area contributed by atoms with Crippen molar-refractivity contribution in [1.29, 1.82) is 0 Å². The van der Waals surface area contributed by atoms with Crippen molar-refractivity contribution in [1.82, 2.24) is 10.2 Å². The summed E-state index contributed by atoms with van der Waals surface area (Å²) in [7, 11) is 4.03. The second kappa shape index (κ2) is 10.1. The Morgan fingerprint density at radius 2 is 2.00 bits per heavy atom. The molecule has 0 radical (unpaired) electrons. The third-order valence-corrected chi connectivity index (χ3v) is 4.59. The molecule has 2 aromatic rings. The number of nitrogens with one attached hydrogen (secondary N) is 2. The van der Waals surface area contributed by atoms with Crippen LogP contribution in [0.15, 0.2) is 41.1 Å². The van der Waals surface area contributed by atoms with Crippen LogP contribution in [0.4, 0.5) is 10.5 Å². The average molecular weight is 362 g/mol. The van der Waals surface area contributed by atoms with E-state index in [1.54, 1.807) is 11.3 Å². The summed E-state index contributed by atoms with van der Waals surface area (Å²) in [4.78, 5) is 14.2. The summed E-state index contributed by atoms with van der Waals surface area (Å²) in [6, 6.07) is 9.49. The minimum absolute atomic E-state index is 0.159. The van der Waals surface area contributed by atoms with Crippen LogP contribution < -0.4 is 15.4 Å². The highest BCUT2D eigenvalue weighted by molar-refractivity contribution is 7.07. The number of urea groups is 1. The van der Waals surface area contributed by atoms with Gasteiger partial charge >= 0.3 is 6.03 Å². The molecule has 0 saturated carbocycles. The highest BCUT2D eigenvalue weighted by atomic mass is 32.1. The maximum absolute atomic E-state index is 12.1. The lowest BCUT2D eigenvalue weighted by Gasteiger charge is -2.24. The Kier molecular flexibility index (Phi) is 7.76. The molecule has 0 unspecified atom stereocenters. The SMILES string of the molecule is CCCCOc1ccc(NC(=O)NC[C@H](c2ccsc2)N(C)C)cc1. The molecule has 0 bridgehead atoms. The quantitative estimate of drug-likeness (QED) is 0.653. The van der Waals surface area contributed by atoms with Crippen LogP contribution in [0.1, 0.15) is 31.4 Å². The predicted octanol–water partition coefficient (Wildman–Crippen LogP) is 4.35. The molecule has 1 aromatic carbocycles. The Hall–Kier alpha value is -2.05. The molecule has 1 aromatic heterocycles. The molecule has 25 heavy (non-hydrogen) atoms. The molecular weight excluding hydrogens is 334 g/mol. The van der Waals surface area contributed by atoms with E-state index in [1.165, 1.54) is 5.56 Å². The maximum atomic E-state index is 12.1. The number of rotatable bonds is 9. The third kappa shape index (κ3) is 6.40. The van der Waals surface area contributed by atoms with E-state index in [0.717, 1.165) is 30.9 Å². The molecule has 0 spiro atoms. The number of unbranched alkanes of at least 4 members (excludes halogenated alkanes) is 1. The van der Waals surface area contributed by atoms with E-state index in [4.69, 9.17) is 4.74 Å². The topological polar surface area (TPSA) is 53.6 Å². The Balaban J connectivity index is 1.81. The minimum Gasteiger partial charge on any atom is -0.494 e. The van der Waals surface area contributed by atoms with Crippen LogP contribution in [0.25, 0.3) is 0 Å². The standard InChI is InChI=1S/C19H27N3O2S/c1-4-5-11-24-17-8-6-16(7-9-17)21-19(23)20-13-18(22(2)3)15-10-12-25-14-15/h6-10,12,14,18H,4-5,11,13H2,1-3H3,(H2,20,21,23)/t18-/m1/s1. The molecule has 0 fully saturated rings. The van der Waals surface area contributed by atoms with Crippen LogP contribution in [0, 0.1) is 0 Å². The number of carbonyl (C=O) groups is 1. The van der Waals surface area contributed by atoms with Crippen molar-refractivity contribution in [2.45, 2.75) is 25.8 Å². The number of hydrogen-bond donors (Lipinski definition) is 2. The van der Waals surface area contributed by atoms with Crippen molar-refractivity contribution in [2.75, 3.05) is 32.6 Å². The van der Waals surface area contributed by atoms with Gasteiger partial charge in [-0.25, -0.2) is 4.79 Å². The smallest absolute Gasteiger partial charge is 0.319 e. The number of ether oxygens (including phenoxy) is 1. The lowest BCUT2D eigenvalue weighted by Crippen LogP contribution is -2.36. The van der Waals surface area contributed by atoms with E-state index in [2.05, 4.69) is 39.3 Å². The monoisotopic (exact) mass is 361 g/mol. The first-order chi connectivity index (χ1) is 12.1. The number of thiophene rings is 1. The van der Waals surface area contributed by atoms with Gasteiger partial charge in [0.05, 0.1) is 12.6 Å². The van der Waals surface area contributed by atoms with Crippen molar-refractivity contribution in [3.8, 4) is 5.75 Å². The first-order valence-electron chi connectivity index (χ1n) is 8.56. The van der Waals surface area contributed by atoms with Crippen LogP contribution in [0.5, 0.6) is 5.75 Å². The second-order valence-electron chi connectivity index (χ2n) is 6.10. The lowest BCUT2D eigenvalue weighted by molar-refractivity contribution is 0.243. The summed E-state index contributed by atoms with van der Waals surface area (Å²) in [5, 5.41) is 9.96. The molecule has 0 saturated heterocycles. The van der Waals surface area contributed by atoms with Crippen LogP contribution in [0.2, 0.25) is 0 Å². The number of hydrogen-bond acceptors (Lipinski definition) is 4. The molecule has 136 valence electrons. The van der Waals surface area contributed by atoms with Gasteiger partial charge in [-0.3, -0.25) is 0 Å². The summed E-state index contributed by atoms with van der Waals surface area (Å²) in [5.41, 5.74) is 1.96. The van der Waals surface area contributed by atoms with Gasteiger partial charge in [0.1, 0.15) is 5.75 Å². The fourth-order valence-corrected chi connectivity index (χ4v) is 3.10. The zero-order valence-corrected chi connectivity index (χ0v) is 15.9. The number of carbonyl (C=O) groups excluding carboxylic acids is 1. The van der Waals surface area contributed by atoms with E-state index in [9.17, 15) is 4.79 Å². The lowest BCUT2D eigenvalue weighted by atomic mass is 10.1. The molecule has 5 nitrogen and oxygen atoms in total. The number of benzene rings is 1. The Bertz CT molecular complexity index is 627. The van der Waals surface area contributed by atoms with Gasteiger partial charge in [-0.2, -0.15) is 11.3 Å². The number of likely N-dealkylation sites (N-methyl/N-ethyl adjacent to an activating group) is 1. The zero-order chi connectivity index (χ0) is 18.1. The highest BCUT2D eigenvalue weighted by Crippen LogP contribution is 2.20. The van der Waals surface area contributed by atoms with Crippen LogP contribution >= 0.6 is 11.3 Å². The van der Waals surface area contributed by atoms with Gasteiger partial charge in [-0.05, 0) is 67.2 Å². The number of nitrogens with zero attached hydrogens (tertiary/aromatic N) is 1. The van der Waals surface area contributed by atoms with E-state index < -0.39 is 0 Å². The van der Waals surface area contributed by atoms with Gasteiger partial charge in [0.15, 0.2) is 0 Å². The highest BCUT2D eigenvalue weighted by Gasteiger charge is 2.15. The van der Waals surface area contributed by atoms with Crippen LogP contribution in [0.3, 0.4) is 0 Å². The summed E-state index contributed by atoms with van der Waals surface area (Å²) >= 11 is 1.66. The second-order valence-corrected chi connectivity index (χ2v) is 6.88. The van der Waals surface area contributed by atoms with Crippen LogP contribution in [-0.4, -0.2) is 38.2 Å². The van der Waals surface area contributed by atoms with Gasteiger partial charge in [-0.1, -0.05) is 13.3 Å².